The van der Waals surface area contributed by atoms with Crippen LogP contribution in [0.2, 0.25) is 0 Å². The quantitative estimate of drug-likeness (QED) is 0.528. The van der Waals surface area contributed by atoms with Gasteiger partial charge in [0.25, 0.3) is 0 Å². The van der Waals surface area contributed by atoms with E-state index in [1.165, 1.54) is 46.6 Å². The van der Waals surface area contributed by atoms with E-state index in [4.69, 9.17) is 0 Å². The van der Waals surface area contributed by atoms with E-state index in [1.807, 2.05) is 0 Å². The third-order valence-corrected chi connectivity index (χ3v) is 6.93. The molecule has 4 bridgehead atoms. The van der Waals surface area contributed by atoms with Gasteiger partial charge in [0.15, 0.2) is 0 Å². The molecule has 5 rings (SSSR count). The first-order valence-corrected chi connectivity index (χ1v) is 8.97. The Bertz CT molecular complexity index is 459. The van der Waals surface area contributed by atoms with E-state index in [0.717, 1.165) is 17.8 Å². The van der Waals surface area contributed by atoms with Crippen molar-refractivity contribution in [2.24, 2.45) is 17.8 Å². The molecule has 0 aromatic heterocycles. The van der Waals surface area contributed by atoms with Crippen molar-refractivity contribution in [3.05, 3.63) is 31.8 Å². The van der Waals surface area contributed by atoms with Crippen molar-refractivity contribution in [1.29, 1.82) is 0 Å². The Balaban J connectivity index is 1.79. The molecule has 18 heavy (non-hydrogen) atoms. The Labute approximate surface area is 131 Å². The van der Waals surface area contributed by atoms with Gasteiger partial charge in [-0.3, -0.25) is 0 Å². The minimum absolute atomic E-state index is 0.548. The van der Waals surface area contributed by atoms with Gasteiger partial charge in [-0.15, -0.1) is 0 Å². The van der Waals surface area contributed by atoms with Gasteiger partial charge in [0.05, 0.1) is 0 Å². The molecular weight excluding hydrogens is 399 g/mol. The van der Waals surface area contributed by atoms with Gasteiger partial charge in [-0.2, -0.15) is 0 Å². The summed E-state index contributed by atoms with van der Waals surface area (Å²) in [5.41, 5.74) is 2.21. The molecule has 0 saturated heterocycles. The molecule has 0 N–H and O–H groups in total. The Morgan fingerprint density at radius 3 is 2.06 bits per heavy atom. The number of rotatable bonds is 1. The van der Waals surface area contributed by atoms with Crippen LogP contribution in [-0.2, 0) is 5.41 Å². The molecule has 0 aliphatic heterocycles. The summed E-state index contributed by atoms with van der Waals surface area (Å²) in [6.07, 6.45) is 9.01. The van der Waals surface area contributed by atoms with Crippen molar-refractivity contribution in [2.75, 3.05) is 0 Å². The Morgan fingerprint density at radius 1 is 1.00 bits per heavy atom. The minimum Gasteiger partial charge on any atom is -0.0563 e. The molecule has 0 unspecified atom stereocenters. The van der Waals surface area contributed by atoms with E-state index in [-0.39, 0.29) is 0 Å². The molecule has 4 aliphatic carbocycles. The zero-order valence-corrected chi connectivity index (χ0v) is 14.2. The Kier molecular flexibility index (Phi) is 2.85. The van der Waals surface area contributed by atoms with Gasteiger partial charge in [-0.05, 0) is 102 Å². The SMILES string of the molecule is Brc1ccc(C23CC4CC(CC(C4)C2)C3)c(I)c1. The van der Waals surface area contributed by atoms with Crippen molar-refractivity contribution >= 4 is 38.5 Å². The molecule has 0 amide bonds. The maximum atomic E-state index is 3.60. The average molecular weight is 417 g/mol. The highest BCUT2D eigenvalue weighted by molar-refractivity contribution is 14.1. The highest BCUT2D eigenvalue weighted by Gasteiger charge is 2.51. The number of hydrogen-bond donors (Lipinski definition) is 0. The topological polar surface area (TPSA) is 0 Å². The van der Waals surface area contributed by atoms with E-state index in [2.05, 4.69) is 56.7 Å². The first-order chi connectivity index (χ1) is 8.64. The van der Waals surface area contributed by atoms with Crippen LogP contribution in [0.5, 0.6) is 0 Å². The maximum absolute atomic E-state index is 3.60. The fraction of sp³-hybridized carbons (Fsp3) is 0.625. The zero-order chi connectivity index (χ0) is 12.3. The zero-order valence-electron chi connectivity index (χ0n) is 10.5. The Hall–Kier alpha value is 0.430. The minimum atomic E-state index is 0.548. The highest BCUT2D eigenvalue weighted by atomic mass is 127. The smallest absolute Gasteiger partial charge is 0.0185 e. The molecule has 0 nitrogen and oxygen atoms in total. The van der Waals surface area contributed by atoms with Crippen LogP contribution in [0.1, 0.15) is 44.1 Å². The van der Waals surface area contributed by atoms with E-state index in [1.54, 1.807) is 5.56 Å². The number of benzene rings is 1. The largest absolute Gasteiger partial charge is 0.0563 e. The molecule has 0 heterocycles. The lowest BCUT2D eigenvalue weighted by molar-refractivity contribution is -0.00557. The molecule has 1 aromatic rings. The normalized spacial score (nSPS) is 41.3. The monoisotopic (exact) mass is 416 g/mol. The summed E-state index contributed by atoms with van der Waals surface area (Å²) in [6.45, 7) is 0. The lowest BCUT2D eigenvalue weighted by atomic mass is 9.48. The van der Waals surface area contributed by atoms with Gasteiger partial charge in [0.1, 0.15) is 0 Å². The second kappa shape index (κ2) is 4.21. The standard InChI is InChI=1S/C16H18BrI/c17-13-1-2-14(15(18)6-13)16-7-10-3-11(8-16)5-12(4-10)9-16/h1-2,6,10-12H,3-5,7-9H2. The van der Waals surface area contributed by atoms with Gasteiger partial charge in [0.2, 0.25) is 0 Å². The van der Waals surface area contributed by atoms with E-state index >= 15 is 0 Å². The first kappa shape index (κ1) is 12.2. The van der Waals surface area contributed by atoms with E-state index < -0.39 is 0 Å². The summed E-state index contributed by atoms with van der Waals surface area (Å²) in [4.78, 5) is 0. The summed E-state index contributed by atoms with van der Waals surface area (Å²) in [5, 5.41) is 0. The van der Waals surface area contributed by atoms with Crippen molar-refractivity contribution < 1.29 is 0 Å². The van der Waals surface area contributed by atoms with Crippen LogP contribution in [0.15, 0.2) is 22.7 Å². The second-order valence-corrected chi connectivity index (χ2v) is 8.90. The van der Waals surface area contributed by atoms with E-state index in [0.29, 0.717) is 5.41 Å². The molecule has 4 saturated carbocycles. The third kappa shape index (κ3) is 1.81. The molecule has 2 heteroatoms. The molecule has 0 radical (unpaired) electrons. The van der Waals surface area contributed by atoms with Gasteiger partial charge >= 0.3 is 0 Å². The van der Waals surface area contributed by atoms with Gasteiger partial charge < -0.3 is 0 Å². The Morgan fingerprint density at radius 2 is 1.56 bits per heavy atom. The van der Waals surface area contributed by atoms with Gasteiger partial charge in [0, 0.05) is 8.04 Å². The summed E-state index contributed by atoms with van der Waals surface area (Å²) < 4.78 is 2.70. The van der Waals surface area contributed by atoms with Crippen molar-refractivity contribution in [3.63, 3.8) is 0 Å². The predicted molar refractivity (Wildman–Crippen MR) is 86.7 cm³/mol. The fourth-order valence-corrected chi connectivity index (χ4v) is 7.24. The van der Waals surface area contributed by atoms with Crippen LogP contribution < -0.4 is 0 Å². The molecular formula is C16H18BrI. The molecule has 4 aliphatic rings. The van der Waals surface area contributed by atoms with Crippen LogP contribution in [0.25, 0.3) is 0 Å². The lowest BCUT2D eigenvalue weighted by Crippen LogP contribution is -2.48. The number of hydrogen-bond acceptors (Lipinski definition) is 0. The van der Waals surface area contributed by atoms with Crippen LogP contribution in [0, 0.1) is 21.3 Å². The van der Waals surface area contributed by atoms with Crippen LogP contribution in [0.3, 0.4) is 0 Å². The highest BCUT2D eigenvalue weighted by Crippen LogP contribution is 2.61. The fourth-order valence-electron chi connectivity index (χ4n) is 5.36. The third-order valence-electron chi connectivity index (χ3n) is 5.54. The van der Waals surface area contributed by atoms with Gasteiger partial charge in [-0.1, -0.05) is 22.0 Å². The lowest BCUT2D eigenvalue weighted by Gasteiger charge is -2.57. The summed E-state index contributed by atoms with van der Waals surface area (Å²) in [5.74, 6) is 3.11. The van der Waals surface area contributed by atoms with Crippen molar-refractivity contribution in [2.45, 2.75) is 43.9 Å². The molecule has 96 valence electrons. The molecule has 1 aromatic carbocycles. The first-order valence-electron chi connectivity index (χ1n) is 7.10. The average Bonchev–Trinajstić information content (AvgIpc) is 2.26. The molecule has 0 spiro atoms. The van der Waals surface area contributed by atoms with Crippen molar-refractivity contribution in [3.8, 4) is 0 Å². The van der Waals surface area contributed by atoms with E-state index in [9.17, 15) is 0 Å². The maximum Gasteiger partial charge on any atom is 0.0185 e. The van der Waals surface area contributed by atoms with Crippen LogP contribution >= 0.6 is 38.5 Å². The molecule has 0 atom stereocenters. The van der Waals surface area contributed by atoms with Crippen molar-refractivity contribution in [1.82, 2.24) is 0 Å². The molecule has 4 fully saturated rings. The number of halogens is 2. The van der Waals surface area contributed by atoms with Gasteiger partial charge in [-0.25, -0.2) is 0 Å². The summed E-state index contributed by atoms with van der Waals surface area (Å²) in [6, 6.07) is 6.95. The second-order valence-electron chi connectivity index (χ2n) is 6.82. The summed E-state index contributed by atoms with van der Waals surface area (Å²) >= 11 is 6.15. The van der Waals surface area contributed by atoms with Crippen LogP contribution in [0.4, 0.5) is 0 Å². The van der Waals surface area contributed by atoms with Crippen LogP contribution in [-0.4, -0.2) is 0 Å². The predicted octanol–water partition coefficient (Wildman–Crippen LogP) is 5.52. The summed E-state index contributed by atoms with van der Waals surface area (Å²) in [7, 11) is 0.